The normalized spacial score (nSPS) is 18.4. The highest BCUT2D eigenvalue weighted by Crippen LogP contribution is 2.40. The number of aromatic nitrogens is 3. The fourth-order valence-electron chi connectivity index (χ4n) is 5.51. The summed E-state index contributed by atoms with van der Waals surface area (Å²) in [5.74, 6) is -1.43. The van der Waals surface area contributed by atoms with Crippen molar-refractivity contribution in [2.45, 2.75) is 57.8 Å². The van der Waals surface area contributed by atoms with Gasteiger partial charge in [-0.15, -0.1) is 0 Å². The zero-order chi connectivity index (χ0) is 30.7. The highest BCUT2D eigenvalue weighted by Gasteiger charge is 2.35. The van der Waals surface area contributed by atoms with Gasteiger partial charge in [-0.25, -0.2) is 15.0 Å². The molecule has 2 aliphatic heterocycles. The minimum absolute atomic E-state index is 0.0725. The Hall–Kier alpha value is -3.78. The number of hydrogen-bond acceptors (Lipinski definition) is 9. The molecule has 2 N–H and O–H groups in total. The highest BCUT2D eigenvalue weighted by molar-refractivity contribution is 7.16. The van der Waals surface area contributed by atoms with Gasteiger partial charge in [0.05, 0.1) is 36.7 Å². The van der Waals surface area contributed by atoms with Crippen molar-refractivity contribution in [1.82, 2.24) is 19.9 Å². The predicted molar refractivity (Wildman–Crippen MR) is 155 cm³/mol. The first kappa shape index (κ1) is 30.7. The average molecular weight is 619 g/mol. The molecule has 2 aliphatic rings. The molecule has 0 spiro atoms. The number of thiazole rings is 1. The van der Waals surface area contributed by atoms with Crippen molar-refractivity contribution >= 4 is 34.2 Å². The Morgan fingerprint density at radius 2 is 1.88 bits per heavy atom. The molecule has 0 radical (unpaired) electrons. The number of carbonyl (C=O) groups is 2. The van der Waals surface area contributed by atoms with Crippen molar-refractivity contribution in [3.05, 3.63) is 46.7 Å². The van der Waals surface area contributed by atoms with E-state index in [2.05, 4.69) is 32.1 Å². The number of nitrogens with zero attached hydrogens (tertiary/aromatic N) is 5. The van der Waals surface area contributed by atoms with Gasteiger partial charge < -0.3 is 14.7 Å². The second-order valence-corrected chi connectivity index (χ2v) is 11.9. The number of anilines is 2. The molecular formula is C29H33F3N6O4S. The van der Waals surface area contributed by atoms with Gasteiger partial charge in [-0.2, -0.15) is 13.2 Å². The number of benzene rings is 1. The number of amides is 1. The summed E-state index contributed by atoms with van der Waals surface area (Å²) in [6, 6.07) is 4.03. The number of ether oxygens (including phenoxy) is 1. The van der Waals surface area contributed by atoms with E-state index in [0.29, 0.717) is 60.7 Å². The third kappa shape index (κ3) is 7.07. The van der Waals surface area contributed by atoms with E-state index in [0.717, 1.165) is 36.8 Å². The van der Waals surface area contributed by atoms with Gasteiger partial charge in [0.15, 0.2) is 5.13 Å². The van der Waals surface area contributed by atoms with Gasteiger partial charge in [-0.05, 0) is 51.3 Å². The highest BCUT2D eigenvalue weighted by atomic mass is 32.1. The van der Waals surface area contributed by atoms with Crippen molar-refractivity contribution < 1.29 is 32.6 Å². The smallest absolute Gasteiger partial charge is 0.419 e. The molecule has 4 heterocycles. The number of likely N-dealkylation sites (tertiary alicyclic amines) is 1. The number of methoxy groups -OCH3 is 1. The lowest BCUT2D eigenvalue weighted by Gasteiger charge is -2.33. The van der Waals surface area contributed by atoms with E-state index < -0.39 is 23.6 Å². The van der Waals surface area contributed by atoms with Gasteiger partial charge >= 0.3 is 12.1 Å². The standard InChI is InChI=1S/C29H33F3N6O4S/c1-17-5-3-4-10-38(17)16-23-25(19-6-7-20(29(30,31)32)22(13-19)42-2)35-28(43-23)36-26(39)21-14-34-24(15-33-21)37-11-8-18(9-12-37)27(40)41/h6-7,13-15,17-18H,3-5,8-12,16H2,1-2H3,(H,40,41)(H,35,36,39)/t17-/m1/s1. The Kier molecular flexibility index (Phi) is 9.16. The zero-order valence-corrected chi connectivity index (χ0v) is 24.7. The minimum Gasteiger partial charge on any atom is -0.496 e. The van der Waals surface area contributed by atoms with Crippen LogP contribution < -0.4 is 15.0 Å². The first-order valence-corrected chi connectivity index (χ1v) is 15.0. The third-order valence-corrected chi connectivity index (χ3v) is 8.98. The van der Waals surface area contributed by atoms with Crippen LogP contribution in [0.3, 0.4) is 0 Å². The molecule has 2 fully saturated rings. The van der Waals surface area contributed by atoms with Gasteiger partial charge in [0.1, 0.15) is 17.3 Å². The number of halogens is 3. The molecule has 230 valence electrons. The zero-order valence-electron chi connectivity index (χ0n) is 23.9. The molecule has 0 aliphatic carbocycles. The second kappa shape index (κ2) is 12.8. The Balaban J connectivity index is 1.37. The molecule has 1 aromatic carbocycles. The van der Waals surface area contributed by atoms with Crippen molar-refractivity contribution in [3.8, 4) is 17.0 Å². The number of piperidine rings is 2. The van der Waals surface area contributed by atoms with E-state index in [1.54, 1.807) is 0 Å². The number of carboxylic acid groups (broad SMARTS) is 1. The Labute approximate surface area is 250 Å². The molecule has 3 aromatic rings. The van der Waals surface area contributed by atoms with Crippen LogP contribution in [-0.2, 0) is 17.5 Å². The molecule has 1 atom stereocenters. The lowest BCUT2D eigenvalue weighted by Crippen LogP contribution is -2.36. The van der Waals surface area contributed by atoms with Crippen LogP contribution in [0.5, 0.6) is 5.75 Å². The maximum absolute atomic E-state index is 13.5. The van der Waals surface area contributed by atoms with Crippen molar-refractivity contribution in [1.29, 1.82) is 0 Å². The minimum atomic E-state index is -4.57. The van der Waals surface area contributed by atoms with Crippen molar-refractivity contribution in [2.75, 3.05) is 37.0 Å². The Bertz CT molecular complexity index is 1460. The number of alkyl halides is 3. The molecule has 43 heavy (non-hydrogen) atoms. The van der Waals surface area contributed by atoms with Crippen LogP contribution in [0, 0.1) is 5.92 Å². The van der Waals surface area contributed by atoms with Crippen LogP contribution in [0.1, 0.15) is 60.0 Å². The number of carboxylic acids is 1. The summed E-state index contributed by atoms with van der Waals surface area (Å²) in [4.78, 5) is 42.6. The number of rotatable bonds is 8. The largest absolute Gasteiger partial charge is 0.496 e. The molecule has 0 saturated carbocycles. The fraction of sp³-hybridized carbons (Fsp3) is 0.483. The van der Waals surface area contributed by atoms with Crippen LogP contribution >= 0.6 is 11.3 Å². The summed E-state index contributed by atoms with van der Waals surface area (Å²) >= 11 is 1.27. The van der Waals surface area contributed by atoms with Crippen LogP contribution in [0.15, 0.2) is 30.6 Å². The molecule has 10 nitrogen and oxygen atoms in total. The first-order chi connectivity index (χ1) is 20.5. The van der Waals surface area contributed by atoms with Crippen molar-refractivity contribution in [3.63, 3.8) is 0 Å². The summed E-state index contributed by atoms with van der Waals surface area (Å²) in [7, 11) is 1.20. The summed E-state index contributed by atoms with van der Waals surface area (Å²) in [6.45, 7) is 4.66. The van der Waals surface area contributed by atoms with E-state index in [4.69, 9.17) is 4.74 Å². The maximum atomic E-state index is 13.5. The van der Waals surface area contributed by atoms with Gasteiger partial charge in [-0.3, -0.25) is 19.8 Å². The first-order valence-electron chi connectivity index (χ1n) is 14.1. The van der Waals surface area contributed by atoms with Gasteiger partial charge in [0, 0.05) is 36.1 Å². The van der Waals surface area contributed by atoms with E-state index in [-0.39, 0.29) is 17.4 Å². The molecule has 14 heteroatoms. The van der Waals surface area contributed by atoms with Crippen LogP contribution in [-0.4, -0.2) is 69.6 Å². The van der Waals surface area contributed by atoms with E-state index in [9.17, 15) is 27.9 Å². The summed E-state index contributed by atoms with van der Waals surface area (Å²) in [5, 5.41) is 12.3. The lowest BCUT2D eigenvalue weighted by atomic mass is 9.97. The van der Waals surface area contributed by atoms with Gasteiger partial charge in [0.2, 0.25) is 0 Å². The Morgan fingerprint density at radius 3 is 2.51 bits per heavy atom. The Morgan fingerprint density at radius 1 is 1.12 bits per heavy atom. The van der Waals surface area contributed by atoms with Gasteiger partial charge in [-0.1, -0.05) is 23.8 Å². The average Bonchev–Trinajstić information content (AvgIpc) is 3.39. The molecular weight excluding hydrogens is 585 g/mol. The van der Waals surface area contributed by atoms with Crippen molar-refractivity contribution in [2.24, 2.45) is 5.92 Å². The number of aliphatic carboxylic acids is 1. The van der Waals surface area contributed by atoms with E-state index >= 15 is 0 Å². The summed E-state index contributed by atoms with van der Waals surface area (Å²) < 4.78 is 45.6. The van der Waals surface area contributed by atoms with E-state index in [1.165, 1.54) is 43.0 Å². The topological polar surface area (TPSA) is 121 Å². The molecule has 2 aromatic heterocycles. The predicted octanol–water partition coefficient (Wildman–Crippen LogP) is 5.56. The quantitative estimate of drug-likeness (QED) is 0.335. The van der Waals surface area contributed by atoms with Gasteiger partial charge in [0.25, 0.3) is 5.91 Å². The maximum Gasteiger partial charge on any atom is 0.419 e. The molecule has 2 saturated heterocycles. The molecule has 0 unspecified atom stereocenters. The van der Waals surface area contributed by atoms with Crippen LogP contribution in [0.25, 0.3) is 11.3 Å². The fourth-order valence-corrected chi connectivity index (χ4v) is 6.51. The third-order valence-electron chi connectivity index (χ3n) is 8.02. The number of hydrogen-bond donors (Lipinski definition) is 2. The molecule has 5 rings (SSSR count). The van der Waals surface area contributed by atoms with Crippen LogP contribution in [0.4, 0.5) is 24.1 Å². The monoisotopic (exact) mass is 618 g/mol. The summed E-state index contributed by atoms with van der Waals surface area (Å²) in [5.41, 5.74) is 0.138. The van der Waals surface area contributed by atoms with E-state index in [1.807, 2.05) is 4.90 Å². The molecule has 0 bridgehead atoms. The lowest BCUT2D eigenvalue weighted by molar-refractivity contribution is -0.142. The number of carbonyl (C=O) groups excluding carboxylic acids is 1. The van der Waals surface area contributed by atoms with Crippen LogP contribution in [0.2, 0.25) is 0 Å². The second-order valence-electron chi connectivity index (χ2n) is 10.8. The number of nitrogens with one attached hydrogen (secondary N) is 1. The summed E-state index contributed by atoms with van der Waals surface area (Å²) in [6.07, 6.45) is 2.55. The SMILES string of the molecule is COc1cc(-c2nc(NC(=O)c3cnc(N4CCC(C(=O)O)CC4)cn3)sc2CN2CCCC[C@H]2C)ccc1C(F)(F)F. The molecule has 1 amide bonds.